The summed E-state index contributed by atoms with van der Waals surface area (Å²) < 4.78 is 5.34. The van der Waals surface area contributed by atoms with Crippen LogP contribution in [0.3, 0.4) is 0 Å². The fourth-order valence-electron chi connectivity index (χ4n) is 10.0. The summed E-state index contributed by atoms with van der Waals surface area (Å²) in [7, 11) is 1.26. The lowest BCUT2D eigenvalue weighted by Gasteiger charge is -2.31. The largest absolute Gasteiger partial charge is 0.508 e. The average molecular weight is 1340 g/mol. The number of benzene rings is 3. The van der Waals surface area contributed by atoms with Crippen molar-refractivity contribution in [2.24, 2.45) is 40.7 Å². The van der Waals surface area contributed by atoms with Crippen LogP contribution in [0.5, 0.6) is 11.5 Å². The van der Waals surface area contributed by atoms with E-state index in [0.29, 0.717) is 30.4 Å². The van der Waals surface area contributed by atoms with Crippen LogP contribution in [0.1, 0.15) is 127 Å². The molecular formula is C65H96N16O15. The maximum atomic E-state index is 14.4. The number of methoxy groups -OCH3 is 1. The van der Waals surface area contributed by atoms with Crippen molar-refractivity contribution < 1.29 is 72.2 Å². The third-order valence-corrected chi connectivity index (χ3v) is 16.0. The van der Waals surface area contributed by atoms with Crippen molar-refractivity contribution in [2.75, 3.05) is 32.1 Å². The second-order valence-corrected chi connectivity index (χ2v) is 24.3. The molecule has 0 spiro atoms. The number of carbonyl (C=O) groups is 13. The number of rotatable bonds is 16. The number of carbonyl (C=O) groups excluding carboxylic acids is 13. The monoisotopic (exact) mass is 1340 g/mol. The van der Waals surface area contributed by atoms with Gasteiger partial charge in [0.05, 0.1) is 24.8 Å². The molecule has 3 aromatic rings. The number of amides is 13. The Hall–Kier alpha value is -9.75. The van der Waals surface area contributed by atoms with Gasteiger partial charge in [-0.25, -0.2) is 0 Å². The van der Waals surface area contributed by atoms with Crippen molar-refractivity contribution in [2.45, 2.75) is 173 Å². The molecule has 31 heteroatoms. The van der Waals surface area contributed by atoms with Crippen LogP contribution >= 0.6 is 0 Å². The summed E-state index contributed by atoms with van der Waals surface area (Å²) in [6.45, 7) is 10.1. The number of phenolic OH excluding ortho intramolecular Hbond substituents is 1. The molecule has 526 valence electrons. The molecule has 21 N–H and O–H groups in total. The number of anilines is 1. The van der Waals surface area contributed by atoms with Gasteiger partial charge >= 0.3 is 11.8 Å². The first-order valence-electron chi connectivity index (χ1n) is 32.2. The van der Waals surface area contributed by atoms with Gasteiger partial charge in [0, 0.05) is 38.0 Å². The number of hydrogen-bond donors (Lipinski definition) is 17. The van der Waals surface area contributed by atoms with E-state index in [-0.39, 0.29) is 93.8 Å². The molecular weight excluding hydrogens is 1240 g/mol. The number of hydrazine groups is 1. The molecule has 10 atom stereocenters. The third-order valence-electron chi connectivity index (χ3n) is 16.0. The first-order chi connectivity index (χ1) is 45.6. The molecule has 1 aliphatic heterocycles. The number of ether oxygens (including phenoxy) is 1. The topological polar surface area (TPSA) is 500 Å². The first kappa shape index (κ1) is 78.7. The molecule has 31 nitrogen and oxygen atoms in total. The van der Waals surface area contributed by atoms with E-state index in [9.17, 15) is 67.4 Å². The second kappa shape index (κ2) is 39.8. The van der Waals surface area contributed by atoms with Gasteiger partial charge in [0.25, 0.3) is 11.8 Å². The molecule has 0 aliphatic carbocycles. The van der Waals surface area contributed by atoms with Crippen LogP contribution in [0.2, 0.25) is 0 Å². The highest BCUT2D eigenvalue weighted by molar-refractivity contribution is 6.40. The van der Waals surface area contributed by atoms with Gasteiger partial charge in [-0.2, -0.15) is 0 Å². The van der Waals surface area contributed by atoms with Crippen molar-refractivity contribution >= 4 is 82.5 Å². The Morgan fingerprint density at radius 1 is 0.542 bits per heavy atom. The maximum absolute atomic E-state index is 14.4. The molecule has 96 heavy (non-hydrogen) atoms. The van der Waals surface area contributed by atoms with E-state index in [2.05, 4.69) is 64.0 Å². The standard InChI is InChI=1S/C65H96N16O15/c1-8-37(6)53-63(93)78-52(36(4)5)62(92)76-48(33-39-21-24-41(82)25-22-39)58(88)71-31-15-19-44(68)56(86)81-80-54(84)42-34-40(23-27-49(42)96-7)72-64(94)65(95)74-45(20-12-13-29-66)59(89)75-47(32-38-16-10-9-11-17-38)57(87)70-30-14-18-43(67)55(85)77-51(35(2)3)61(91)73-46(60(90)79-53)26-28-50(69)83/h9-11,16-17,21-25,27,34-37,43-48,51-53,82H,8,12-15,18-20,26,28-33,66-68H2,1-7H3,(H2,69,83)(H,70,87)(H,71,88)(H,72,94)(H,73,91)(H,74,95)(H,75,89)(H,76,92)(H,77,85)(H,78,93)(H,79,90)(H,80,84)(H,81,86)/t37-,43-,44-,45-,46-,47-,48-,51-,52-,53-/m0/s1. The third kappa shape index (κ3) is 25.9. The van der Waals surface area contributed by atoms with Crippen LogP contribution in [0.15, 0.2) is 72.8 Å². The number of aromatic hydroxyl groups is 1. The summed E-state index contributed by atoms with van der Waals surface area (Å²) in [5.41, 5.74) is 29.1. The van der Waals surface area contributed by atoms with Crippen molar-refractivity contribution in [3.63, 3.8) is 0 Å². The SMILES string of the molecule is CC[C@H](C)[C@@H]1NC(=O)[C@H](CCC(N)=O)NC(=O)[C@H](C(C)C)NC(=O)[C@@H](N)CCCNC(=O)[C@H](Cc2ccccc2)NC(=O)[C@H](CCCCN)NC(=O)C(=O)Nc2ccc(OC)c(c2)C(=O)NNC(=O)[C@@H](N)CCCNC(=O)[C@H](Cc2ccc(O)cc2)NC(=O)[C@H](C(C)C)NC1=O. The molecule has 1 aliphatic rings. The summed E-state index contributed by atoms with van der Waals surface area (Å²) in [5, 5.41) is 36.3. The van der Waals surface area contributed by atoms with Gasteiger partial charge in [-0.3, -0.25) is 73.2 Å². The Kier molecular flexibility index (Phi) is 32.7. The molecule has 0 radical (unpaired) electrons. The summed E-state index contributed by atoms with van der Waals surface area (Å²) in [5.74, 6) is -13.2. The number of phenols is 1. The minimum absolute atomic E-state index is 0.00672. The Bertz CT molecular complexity index is 3170. The van der Waals surface area contributed by atoms with Gasteiger partial charge in [-0.05, 0) is 117 Å². The zero-order valence-corrected chi connectivity index (χ0v) is 55.4. The van der Waals surface area contributed by atoms with Crippen LogP contribution in [0, 0.1) is 17.8 Å². The highest BCUT2D eigenvalue weighted by Gasteiger charge is 2.37. The van der Waals surface area contributed by atoms with Crippen LogP contribution in [0.25, 0.3) is 0 Å². The normalized spacial score (nSPS) is 23.4. The number of fused-ring (bicyclic) bond motifs is 2. The quantitative estimate of drug-likeness (QED) is 0.0555. The molecule has 1 heterocycles. The maximum Gasteiger partial charge on any atom is 0.313 e. The van der Waals surface area contributed by atoms with Crippen LogP contribution in [-0.2, 0) is 70.4 Å². The van der Waals surface area contributed by atoms with E-state index in [1.807, 2.05) is 0 Å². The van der Waals surface area contributed by atoms with Crippen LogP contribution < -0.4 is 91.7 Å². The van der Waals surface area contributed by atoms with Gasteiger partial charge in [0.2, 0.25) is 53.2 Å². The van der Waals surface area contributed by atoms with E-state index in [1.54, 1.807) is 84.0 Å². The molecule has 13 amide bonds. The Morgan fingerprint density at radius 3 is 1.58 bits per heavy atom. The Labute approximate surface area is 558 Å². The van der Waals surface area contributed by atoms with E-state index in [0.717, 1.165) is 6.07 Å². The Balaban J connectivity index is 1.68. The molecule has 0 saturated heterocycles. The summed E-state index contributed by atoms with van der Waals surface area (Å²) in [6.07, 6.45) is 0.383. The second-order valence-electron chi connectivity index (χ2n) is 24.3. The highest BCUT2D eigenvalue weighted by Crippen LogP contribution is 2.23. The zero-order valence-electron chi connectivity index (χ0n) is 55.4. The lowest BCUT2D eigenvalue weighted by Crippen LogP contribution is -2.61. The van der Waals surface area contributed by atoms with Crippen molar-refractivity contribution in [3.8, 4) is 11.5 Å². The molecule has 0 saturated carbocycles. The number of nitrogens with one attached hydrogen (secondary N) is 12. The fourth-order valence-corrected chi connectivity index (χ4v) is 10.0. The number of nitrogens with two attached hydrogens (primary N) is 4. The average Bonchev–Trinajstić information content (AvgIpc) is 1.01. The van der Waals surface area contributed by atoms with Crippen molar-refractivity contribution in [1.82, 2.24) is 58.7 Å². The molecule has 3 aromatic carbocycles. The zero-order chi connectivity index (χ0) is 71.2. The van der Waals surface area contributed by atoms with Gasteiger partial charge in [0.15, 0.2) is 0 Å². The predicted molar refractivity (Wildman–Crippen MR) is 354 cm³/mol. The van der Waals surface area contributed by atoms with E-state index >= 15 is 0 Å². The minimum atomic E-state index is -1.50. The predicted octanol–water partition coefficient (Wildman–Crippen LogP) is -1.81. The van der Waals surface area contributed by atoms with E-state index in [1.165, 1.54) is 31.4 Å². The number of hydrogen-bond acceptors (Lipinski definition) is 18. The lowest BCUT2D eigenvalue weighted by molar-refractivity contribution is -0.138. The molecule has 0 unspecified atom stereocenters. The fraction of sp³-hybridized carbons (Fsp3) is 0.523. The molecule has 2 bridgehead atoms. The lowest BCUT2D eigenvalue weighted by atomic mass is 9.95. The van der Waals surface area contributed by atoms with Gasteiger partial charge in [0.1, 0.15) is 53.8 Å². The molecule has 0 aromatic heterocycles. The van der Waals surface area contributed by atoms with E-state index < -0.39 is 155 Å². The Morgan fingerprint density at radius 2 is 1.04 bits per heavy atom. The smallest absolute Gasteiger partial charge is 0.313 e. The first-order valence-corrected chi connectivity index (χ1v) is 32.2. The van der Waals surface area contributed by atoms with Crippen LogP contribution in [-0.4, -0.2) is 163 Å². The van der Waals surface area contributed by atoms with Crippen molar-refractivity contribution in [1.29, 1.82) is 0 Å². The van der Waals surface area contributed by atoms with Crippen molar-refractivity contribution in [3.05, 3.63) is 89.5 Å². The summed E-state index contributed by atoms with van der Waals surface area (Å²) >= 11 is 0. The van der Waals surface area contributed by atoms with E-state index in [4.69, 9.17) is 27.7 Å². The van der Waals surface area contributed by atoms with Crippen LogP contribution in [0.4, 0.5) is 5.69 Å². The van der Waals surface area contributed by atoms with Gasteiger partial charge < -0.3 is 85.9 Å². The van der Waals surface area contributed by atoms with Gasteiger partial charge in [-0.15, -0.1) is 0 Å². The molecule has 4 rings (SSSR count). The summed E-state index contributed by atoms with van der Waals surface area (Å²) in [4.78, 5) is 179. The minimum Gasteiger partial charge on any atom is -0.508 e. The summed E-state index contributed by atoms with van der Waals surface area (Å²) in [6, 6.07) is 6.53. The number of primary amides is 1. The van der Waals surface area contributed by atoms with Gasteiger partial charge in [-0.1, -0.05) is 90.4 Å². The number of unbranched alkanes of at least 4 members (excludes halogenated alkanes) is 1. The molecule has 0 fully saturated rings. The highest BCUT2D eigenvalue weighted by atomic mass is 16.5.